The molecule has 0 atom stereocenters. The first-order valence-electron chi connectivity index (χ1n) is 6.38. The molecular weight excluding hydrogens is 234 g/mol. The van der Waals surface area contributed by atoms with Crippen LogP contribution < -0.4 is 10.2 Å². The second-order valence-electron chi connectivity index (χ2n) is 4.41. The van der Waals surface area contributed by atoms with Gasteiger partial charge in [0.25, 0.3) is 0 Å². The average molecular weight is 255 g/mol. The molecule has 0 bridgehead atoms. The third-order valence-corrected chi connectivity index (χ3v) is 3.06. The van der Waals surface area contributed by atoms with Crippen LogP contribution in [0.15, 0.2) is 4.42 Å². The first-order chi connectivity index (χ1) is 8.83. The fourth-order valence-electron chi connectivity index (χ4n) is 2.12. The first kappa shape index (κ1) is 13.3. The molecule has 1 aromatic heterocycles. The van der Waals surface area contributed by atoms with E-state index in [1.807, 2.05) is 7.05 Å². The number of rotatable bonds is 5. The molecule has 0 radical (unpaired) electrons. The van der Waals surface area contributed by atoms with Crippen molar-refractivity contribution in [3.05, 3.63) is 5.89 Å². The number of aromatic nitrogens is 2. The molecule has 18 heavy (non-hydrogen) atoms. The van der Waals surface area contributed by atoms with Crippen molar-refractivity contribution in [3.8, 4) is 0 Å². The number of aliphatic hydroxyl groups is 1. The minimum atomic E-state index is 0.215. The lowest BCUT2D eigenvalue weighted by Gasteiger charge is -2.19. The average Bonchev–Trinajstić information content (AvgIpc) is 2.70. The normalized spacial score (nSPS) is 18.0. The van der Waals surface area contributed by atoms with Crippen molar-refractivity contribution in [2.75, 3.05) is 51.3 Å². The SMILES string of the molecule is CNCc1nnc(N2CCCN(CCO)CC2)o1. The third kappa shape index (κ3) is 3.41. The molecule has 2 rings (SSSR count). The van der Waals surface area contributed by atoms with E-state index in [0.29, 0.717) is 18.5 Å². The van der Waals surface area contributed by atoms with Crippen LogP contribution >= 0.6 is 0 Å². The molecule has 0 aliphatic carbocycles. The largest absolute Gasteiger partial charge is 0.407 e. The van der Waals surface area contributed by atoms with E-state index >= 15 is 0 Å². The number of nitrogens with one attached hydrogen (secondary N) is 1. The fourth-order valence-corrected chi connectivity index (χ4v) is 2.12. The van der Waals surface area contributed by atoms with E-state index in [4.69, 9.17) is 9.52 Å². The first-order valence-corrected chi connectivity index (χ1v) is 6.38. The highest BCUT2D eigenvalue weighted by Gasteiger charge is 2.18. The Labute approximate surface area is 107 Å². The Bertz CT molecular complexity index is 357. The lowest BCUT2D eigenvalue weighted by Crippen LogP contribution is -2.32. The molecule has 0 unspecified atom stereocenters. The molecule has 0 spiro atoms. The molecule has 0 amide bonds. The van der Waals surface area contributed by atoms with Crippen molar-refractivity contribution in [1.29, 1.82) is 0 Å². The summed E-state index contributed by atoms with van der Waals surface area (Å²) in [7, 11) is 1.85. The summed E-state index contributed by atoms with van der Waals surface area (Å²) < 4.78 is 5.59. The molecule has 1 aromatic rings. The summed E-state index contributed by atoms with van der Waals surface area (Å²) in [6, 6.07) is 0.603. The van der Waals surface area contributed by atoms with Crippen LogP contribution in [0.5, 0.6) is 0 Å². The van der Waals surface area contributed by atoms with Crippen molar-refractivity contribution in [2.24, 2.45) is 0 Å². The van der Waals surface area contributed by atoms with E-state index in [-0.39, 0.29) is 6.61 Å². The highest BCUT2D eigenvalue weighted by atomic mass is 16.4. The van der Waals surface area contributed by atoms with Gasteiger partial charge in [0, 0.05) is 26.2 Å². The van der Waals surface area contributed by atoms with Gasteiger partial charge >= 0.3 is 6.01 Å². The molecular formula is C11H21N5O2. The zero-order valence-electron chi connectivity index (χ0n) is 10.8. The van der Waals surface area contributed by atoms with Crippen molar-refractivity contribution >= 4 is 6.01 Å². The molecule has 0 saturated carbocycles. The minimum absolute atomic E-state index is 0.215. The Balaban J connectivity index is 1.92. The van der Waals surface area contributed by atoms with Crippen LogP contribution in [-0.4, -0.2) is 66.6 Å². The third-order valence-electron chi connectivity index (χ3n) is 3.06. The Hall–Kier alpha value is -1.18. The van der Waals surface area contributed by atoms with Gasteiger partial charge in [-0.05, 0) is 20.0 Å². The lowest BCUT2D eigenvalue weighted by molar-refractivity contribution is 0.204. The molecule has 1 saturated heterocycles. The maximum atomic E-state index is 8.95. The van der Waals surface area contributed by atoms with Gasteiger partial charge in [0.15, 0.2) is 0 Å². The van der Waals surface area contributed by atoms with Crippen LogP contribution in [0.4, 0.5) is 6.01 Å². The Morgan fingerprint density at radius 2 is 2.17 bits per heavy atom. The Kier molecular flexibility index (Phi) is 4.91. The summed E-state index contributed by atoms with van der Waals surface area (Å²) in [5.41, 5.74) is 0. The van der Waals surface area contributed by atoms with E-state index in [2.05, 4.69) is 25.3 Å². The zero-order chi connectivity index (χ0) is 12.8. The lowest BCUT2D eigenvalue weighted by atomic mass is 10.4. The van der Waals surface area contributed by atoms with E-state index in [1.165, 1.54) is 0 Å². The number of nitrogens with zero attached hydrogens (tertiary/aromatic N) is 4. The van der Waals surface area contributed by atoms with Gasteiger partial charge in [0.1, 0.15) is 0 Å². The highest BCUT2D eigenvalue weighted by molar-refractivity contribution is 5.24. The van der Waals surface area contributed by atoms with Gasteiger partial charge in [0.2, 0.25) is 5.89 Å². The monoisotopic (exact) mass is 255 g/mol. The van der Waals surface area contributed by atoms with Gasteiger partial charge in [-0.3, -0.25) is 4.90 Å². The van der Waals surface area contributed by atoms with Crippen LogP contribution in [0.2, 0.25) is 0 Å². The summed E-state index contributed by atoms with van der Waals surface area (Å²) in [4.78, 5) is 4.37. The van der Waals surface area contributed by atoms with Gasteiger partial charge in [-0.15, -0.1) is 5.10 Å². The molecule has 0 aromatic carbocycles. The second-order valence-corrected chi connectivity index (χ2v) is 4.41. The summed E-state index contributed by atoms with van der Waals surface area (Å²) in [6.07, 6.45) is 1.05. The van der Waals surface area contributed by atoms with Gasteiger partial charge < -0.3 is 19.7 Å². The Morgan fingerprint density at radius 1 is 1.28 bits per heavy atom. The maximum Gasteiger partial charge on any atom is 0.318 e. The van der Waals surface area contributed by atoms with Crippen molar-refractivity contribution in [2.45, 2.75) is 13.0 Å². The van der Waals surface area contributed by atoms with E-state index in [1.54, 1.807) is 0 Å². The van der Waals surface area contributed by atoms with Crippen molar-refractivity contribution in [1.82, 2.24) is 20.4 Å². The summed E-state index contributed by atoms with van der Waals surface area (Å²) in [5.74, 6) is 0.615. The van der Waals surface area contributed by atoms with Crippen molar-refractivity contribution in [3.63, 3.8) is 0 Å². The molecule has 1 aliphatic heterocycles. The number of anilines is 1. The molecule has 2 N–H and O–H groups in total. The minimum Gasteiger partial charge on any atom is -0.407 e. The Morgan fingerprint density at radius 3 is 2.94 bits per heavy atom. The van der Waals surface area contributed by atoms with Gasteiger partial charge in [-0.25, -0.2) is 0 Å². The van der Waals surface area contributed by atoms with Crippen LogP contribution in [0.25, 0.3) is 0 Å². The number of aliphatic hydroxyl groups excluding tert-OH is 1. The highest BCUT2D eigenvalue weighted by Crippen LogP contribution is 2.14. The van der Waals surface area contributed by atoms with Gasteiger partial charge in [-0.1, -0.05) is 5.10 Å². The molecule has 1 aliphatic rings. The van der Waals surface area contributed by atoms with E-state index < -0.39 is 0 Å². The molecule has 7 nitrogen and oxygen atoms in total. The van der Waals surface area contributed by atoms with Crippen molar-refractivity contribution < 1.29 is 9.52 Å². The number of hydrogen-bond acceptors (Lipinski definition) is 7. The fraction of sp³-hybridized carbons (Fsp3) is 0.818. The van der Waals surface area contributed by atoms with Crippen LogP contribution in [0.1, 0.15) is 12.3 Å². The van der Waals surface area contributed by atoms with Gasteiger partial charge in [-0.2, -0.15) is 0 Å². The van der Waals surface area contributed by atoms with Gasteiger partial charge in [0.05, 0.1) is 13.2 Å². The van der Waals surface area contributed by atoms with Crippen LogP contribution in [0, 0.1) is 0 Å². The number of β-amino-alcohol motifs (C(OH)–C–C–N with tert-alkyl or cyclic N) is 1. The predicted molar refractivity (Wildman–Crippen MR) is 67.4 cm³/mol. The van der Waals surface area contributed by atoms with E-state index in [9.17, 15) is 0 Å². The quantitative estimate of drug-likeness (QED) is 0.720. The predicted octanol–water partition coefficient (Wildman–Crippen LogP) is -0.707. The summed E-state index contributed by atoms with van der Waals surface area (Å²) >= 11 is 0. The summed E-state index contributed by atoms with van der Waals surface area (Å²) in [6.45, 7) is 5.26. The van der Waals surface area contributed by atoms with E-state index in [0.717, 1.165) is 39.1 Å². The molecule has 1 fully saturated rings. The van der Waals surface area contributed by atoms with Crippen LogP contribution in [-0.2, 0) is 6.54 Å². The second kappa shape index (κ2) is 6.67. The smallest absolute Gasteiger partial charge is 0.318 e. The maximum absolute atomic E-state index is 8.95. The zero-order valence-corrected chi connectivity index (χ0v) is 10.8. The number of hydrogen-bond donors (Lipinski definition) is 2. The topological polar surface area (TPSA) is 77.7 Å². The molecule has 102 valence electrons. The standard InChI is InChI=1S/C11H21N5O2/c1-12-9-10-13-14-11(18-10)16-4-2-3-15(5-6-16)7-8-17/h12,17H,2-9H2,1H3. The molecule has 2 heterocycles. The van der Waals surface area contributed by atoms with Crippen LogP contribution in [0.3, 0.4) is 0 Å². The summed E-state index contributed by atoms with van der Waals surface area (Å²) in [5, 5.41) is 20.0. The molecule has 7 heteroatoms.